The Morgan fingerprint density at radius 1 is 0.828 bits per heavy atom. The van der Waals surface area contributed by atoms with Gasteiger partial charge >= 0.3 is 5.97 Å². The maximum Gasteiger partial charge on any atom is 0.338 e. The van der Waals surface area contributed by atoms with Crippen LogP contribution in [0.25, 0.3) is 0 Å². The first kappa shape index (κ1) is 25.2. The number of esters is 1. The van der Waals surface area contributed by atoms with E-state index in [1.807, 2.05) is 6.92 Å². The van der Waals surface area contributed by atoms with E-state index in [2.05, 4.69) is 12.2 Å². The summed E-state index contributed by atoms with van der Waals surface area (Å²) in [4.78, 5) is 24.2. The standard InChI is InChI=1S/C24H40N2O3/c1-3-5-7-8-9-10-11-12-13-14-22(25)26-23(27)20-15-17-21(18-16-20)24(28)29-19-6-4-2/h15-18,22H,3-14,19,25H2,1-2H3,(H,26,27). The van der Waals surface area contributed by atoms with E-state index in [9.17, 15) is 9.59 Å². The Hall–Kier alpha value is -1.88. The van der Waals surface area contributed by atoms with Crippen LogP contribution in [0.1, 0.15) is 112 Å². The molecule has 1 atom stereocenters. The van der Waals surface area contributed by atoms with Crippen LogP contribution in [-0.2, 0) is 4.74 Å². The molecule has 0 bridgehead atoms. The summed E-state index contributed by atoms with van der Waals surface area (Å²) in [5.41, 5.74) is 7.00. The van der Waals surface area contributed by atoms with Gasteiger partial charge in [-0.2, -0.15) is 0 Å². The lowest BCUT2D eigenvalue weighted by Crippen LogP contribution is -2.41. The zero-order valence-electron chi connectivity index (χ0n) is 18.4. The van der Waals surface area contributed by atoms with Crippen molar-refractivity contribution in [3.63, 3.8) is 0 Å². The molecule has 0 spiro atoms. The van der Waals surface area contributed by atoms with E-state index in [1.165, 1.54) is 44.9 Å². The van der Waals surface area contributed by atoms with Gasteiger partial charge in [0.15, 0.2) is 0 Å². The molecule has 0 radical (unpaired) electrons. The van der Waals surface area contributed by atoms with Gasteiger partial charge in [-0.3, -0.25) is 4.79 Å². The first-order chi connectivity index (χ1) is 14.1. The lowest BCUT2D eigenvalue weighted by Gasteiger charge is -2.14. The van der Waals surface area contributed by atoms with Gasteiger partial charge in [-0.1, -0.05) is 78.1 Å². The summed E-state index contributed by atoms with van der Waals surface area (Å²) < 4.78 is 5.17. The van der Waals surface area contributed by atoms with Gasteiger partial charge in [-0.15, -0.1) is 0 Å². The largest absolute Gasteiger partial charge is 0.462 e. The summed E-state index contributed by atoms with van der Waals surface area (Å²) in [5, 5.41) is 2.83. The number of unbranched alkanes of at least 4 members (excludes halogenated alkanes) is 9. The Morgan fingerprint density at radius 2 is 1.34 bits per heavy atom. The fourth-order valence-corrected chi connectivity index (χ4v) is 3.15. The number of amides is 1. The van der Waals surface area contributed by atoms with Gasteiger partial charge < -0.3 is 15.8 Å². The highest BCUT2D eigenvalue weighted by Gasteiger charge is 2.12. The first-order valence-corrected chi connectivity index (χ1v) is 11.4. The zero-order chi connectivity index (χ0) is 21.3. The maximum atomic E-state index is 12.3. The van der Waals surface area contributed by atoms with Crippen LogP contribution < -0.4 is 11.1 Å². The Labute approximate surface area is 176 Å². The lowest BCUT2D eigenvalue weighted by atomic mass is 10.1. The lowest BCUT2D eigenvalue weighted by molar-refractivity contribution is 0.0499. The number of nitrogens with two attached hydrogens (primary N) is 1. The van der Waals surface area contributed by atoms with Crippen molar-refractivity contribution in [2.24, 2.45) is 5.73 Å². The van der Waals surface area contributed by atoms with Crippen LogP contribution in [0.15, 0.2) is 24.3 Å². The minimum atomic E-state index is -0.354. The quantitative estimate of drug-likeness (QED) is 0.214. The summed E-state index contributed by atoms with van der Waals surface area (Å²) in [6.07, 6.45) is 13.6. The van der Waals surface area contributed by atoms with Crippen molar-refractivity contribution in [3.05, 3.63) is 35.4 Å². The molecule has 0 saturated carbocycles. The molecule has 29 heavy (non-hydrogen) atoms. The van der Waals surface area contributed by atoms with E-state index in [0.717, 1.165) is 32.1 Å². The van der Waals surface area contributed by atoms with Gasteiger partial charge in [0.05, 0.1) is 18.3 Å². The summed E-state index contributed by atoms with van der Waals surface area (Å²) in [5.74, 6) is -0.563. The van der Waals surface area contributed by atoms with E-state index < -0.39 is 0 Å². The van der Waals surface area contributed by atoms with E-state index in [1.54, 1.807) is 24.3 Å². The van der Waals surface area contributed by atoms with Crippen molar-refractivity contribution in [1.82, 2.24) is 5.32 Å². The Bertz CT molecular complexity index is 572. The molecule has 3 N–H and O–H groups in total. The van der Waals surface area contributed by atoms with E-state index >= 15 is 0 Å². The van der Waals surface area contributed by atoms with Crippen LogP contribution in [0.3, 0.4) is 0 Å². The summed E-state index contributed by atoms with van der Waals surface area (Å²) in [6, 6.07) is 6.51. The number of ether oxygens (including phenoxy) is 1. The topological polar surface area (TPSA) is 81.4 Å². The molecule has 0 aliphatic heterocycles. The number of carbonyl (C=O) groups is 2. The van der Waals surface area contributed by atoms with E-state index in [0.29, 0.717) is 17.7 Å². The Morgan fingerprint density at radius 3 is 1.93 bits per heavy atom. The average Bonchev–Trinajstić information content (AvgIpc) is 2.72. The highest BCUT2D eigenvalue weighted by molar-refractivity contribution is 5.96. The molecule has 1 aromatic rings. The summed E-state index contributed by atoms with van der Waals surface area (Å²) in [7, 11) is 0. The third-order valence-electron chi connectivity index (χ3n) is 5.05. The van der Waals surface area contributed by atoms with E-state index in [-0.39, 0.29) is 18.0 Å². The van der Waals surface area contributed by atoms with Gasteiger partial charge in [0.1, 0.15) is 0 Å². The molecule has 0 fully saturated rings. The van der Waals surface area contributed by atoms with Gasteiger partial charge in [0.2, 0.25) is 0 Å². The second kappa shape index (κ2) is 16.0. The Kier molecular flexibility index (Phi) is 13.9. The Balaban J connectivity index is 2.21. The molecule has 0 aliphatic carbocycles. The summed E-state index contributed by atoms with van der Waals surface area (Å²) in [6.45, 7) is 4.70. The third-order valence-corrected chi connectivity index (χ3v) is 5.05. The predicted molar refractivity (Wildman–Crippen MR) is 119 cm³/mol. The molecule has 1 unspecified atom stereocenters. The maximum absolute atomic E-state index is 12.3. The normalized spacial score (nSPS) is 11.8. The van der Waals surface area contributed by atoms with Crippen molar-refractivity contribution in [1.29, 1.82) is 0 Å². The number of hydrogen-bond acceptors (Lipinski definition) is 4. The highest BCUT2D eigenvalue weighted by Crippen LogP contribution is 2.11. The van der Waals surface area contributed by atoms with Crippen molar-refractivity contribution >= 4 is 11.9 Å². The molecule has 1 rings (SSSR count). The molecular formula is C24H40N2O3. The molecule has 0 saturated heterocycles. The van der Waals surface area contributed by atoms with Crippen LogP contribution in [0.4, 0.5) is 0 Å². The second-order valence-corrected chi connectivity index (χ2v) is 7.76. The number of benzene rings is 1. The van der Waals surface area contributed by atoms with Crippen molar-refractivity contribution in [2.45, 2.75) is 97.1 Å². The number of carbonyl (C=O) groups excluding carboxylic acids is 2. The van der Waals surface area contributed by atoms with Gasteiger partial charge in [0, 0.05) is 5.56 Å². The van der Waals surface area contributed by atoms with E-state index in [4.69, 9.17) is 10.5 Å². The zero-order valence-corrected chi connectivity index (χ0v) is 18.4. The summed E-state index contributed by atoms with van der Waals surface area (Å²) >= 11 is 0. The predicted octanol–water partition coefficient (Wildman–Crippen LogP) is 5.58. The van der Waals surface area contributed by atoms with Crippen LogP contribution in [0, 0.1) is 0 Å². The highest BCUT2D eigenvalue weighted by atomic mass is 16.5. The molecular weight excluding hydrogens is 364 g/mol. The first-order valence-electron chi connectivity index (χ1n) is 11.4. The van der Waals surface area contributed by atoms with Crippen LogP contribution >= 0.6 is 0 Å². The molecule has 164 valence electrons. The minimum Gasteiger partial charge on any atom is -0.462 e. The van der Waals surface area contributed by atoms with Gasteiger partial charge in [-0.05, 0) is 37.1 Å². The van der Waals surface area contributed by atoms with Crippen LogP contribution in [0.2, 0.25) is 0 Å². The fourth-order valence-electron chi connectivity index (χ4n) is 3.15. The number of rotatable bonds is 16. The van der Waals surface area contributed by atoms with Crippen molar-refractivity contribution in [2.75, 3.05) is 6.61 Å². The van der Waals surface area contributed by atoms with Crippen molar-refractivity contribution < 1.29 is 14.3 Å². The second-order valence-electron chi connectivity index (χ2n) is 7.76. The molecule has 0 aliphatic rings. The van der Waals surface area contributed by atoms with Gasteiger partial charge in [-0.25, -0.2) is 4.79 Å². The SMILES string of the molecule is CCCCCCCCCCCC(N)NC(=O)c1ccc(C(=O)OCCCC)cc1. The fraction of sp³-hybridized carbons (Fsp3) is 0.667. The van der Waals surface area contributed by atoms with Crippen LogP contribution in [0.5, 0.6) is 0 Å². The molecule has 5 nitrogen and oxygen atoms in total. The number of hydrogen-bond donors (Lipinski definition) is 2. The monoisotopic (exact) mass is 404 g/mol. The molecule has 1 amide bonds. The van der Waals surface area contributed by atoms with Crippen LogP contribution in [-0.4, -0.2) is 24.6 Å². The molecule has 0 aromatic heterocycles. The van der Waals surface area contributed by atoms with Crippen molar-refractivity contribution in [3.8, 4) is 0 Å². The minimum absolute atomic E-state index is 0.209. The average molecular weight is 405 g/mol. The molecule has 5 heteroatoms. The number of nitrogens with one attached hydrogen (secondary N) is 1. The molecule has 1 aromatic carbocycles. The smallest absolute Gasteiger partial charge is 0.338 e. The molecule has 0 heterocycles. The third kappa shape index (κ3) is 11.6. The van der Waals surface area contributed by atoms with Gasteiger partial charge in [0.25, 0.3) is 5.91 Å².